The van der Waals surface area contributed by atoms with Gasteiger partial charge in [-0.15, -0.1) is 0 Å². The first-order chi connectivity index (χ1) is 15.2. The van der Waals surface area contributed by atoms with Crippen LogP contribution in [0, 0.1) is 0 Å². The Labute approximate surface area is 179 Å². The summed E-state index contributed by atoms with van der Waals surface area (Å²) in [5.41, 5.74) is -0.905. The van der Waals surface area contributed by atoms with Crippen LogP contribution in [0.25, 0.3) is 10.8 Å². The Morgan fingerprint density at radius 3 is 2.44 bits per heavy atom. The maximum absolute atomic E-state index is 13.3. The monoisotopic (exact) mass is 446 g/mol. The van der Waals surface area contributed by atoms with Gasteiger partial charge in [-0.05, 0) is 17.7 Å². The molecule has 0 aliphatic rings. The van der Waals surface area contributed by atoms with Crippen molar-refractivity contribution in [3.8, 4) is 5.75 Å². The molecular weight excluding hydrogens is 429 g/mol. The van der Waals surface area contributed by atoms with Gasteiger partial charge in [0.1, 0.15) is 24.7 Å². The second-order valence-corrected chi connectivity index (χ2v) is 6.46. The van der Waals surface area contributed by atoms with Crippen LogP contribution in [0.5, 0.6) is 5.75 Å². The average molecular weight is 446 g/mol. The molecule has 0 aliphatic carbocycles. The summed E-state index contributed by atoms with van der Waals surface area (Å²) in [6.45, 7) is 3.47. The van der Waals surface area contributed by atoms with Gasteiger partial charge in [0.25, 0.3) is 0 Å². The highest BCUT2D eigenvalue weighted by atomic mass is 19.4. The van der Waals surface area contributed by atoms with Crippen molar-refractivity contribution in [3.63, 3.8) is 0 Å². The number of pyridine rings is 1. The fourth-order valence-electron chi connectivity index (χ4n) is 2.96. The van der Waals surface area contributed by atoms with Gasteiger partial charge in [0.2, 0.25) is 0 Å². The van der Waals surface area contributed by atoms with E-state index in [2.05, 4.69) is 11.7 Å². The summed E-state index contributed by atoms with van der Waals surface area (Å²) in [7, 11) is 0. The molecule has 0 saturated heterocycles. The summed E-state index contributed by atoms with van der Waals surface area (Å²) in [4.78, 5) is 29.3. The van der Waals surface area contributed by atoms with Crippen molar-refractivity contribution in [2.24, 2.45) is 5.16 Å². The number of nitrogens with zero attached hydrogens (tertiary/aromatic N) is 2. The number of hydrogen-bond donors (Lipinski definition) is 1. The lowest BCUT2D eigenvalue weighted by Gasteiger charge is -2.16. The second kappa shape index (κ2) is 9.38. The summed E-state index contributed by atoms with van der Waals surface area (Å²) in [6, 6.07) is 13.9. The minimum atomic E-state index is -5.36. The Balaban J connectivity index is 2.27. The van der Waals surface area contributed by atoms with Crippen LogP contribution in [-0.4, -0.2) is 34.3 Å². The molecule has 0 amide bonds. The van der Waals surface area contributed by atoms with Crippen LogP contribution in [0.4, 0.5) is 13.2 Å². The van der Waals surface area contributed by atoms with E-state index in [-0.39, 0.29) is 34.3 Å². The molecule has 0 bridgehead atoms. The molecule has 3 aromatic rings. The average Bonchev–Trinajstić information content (AvgIpc) is 2.76. The SMILES string of the molecule is C=CCOc1cccc2c(C(=O)O)n(C(=O)C(F)(F)F)c(=NOCc3ccccc3)cc12. The van der Waals surface area contributed by atoms with Crippen molar-refractivity contribution in [3.05, 3.63) is 84.0 Å². The number of benzene rings is 2. The summed E-state index contributed by atoms with van der Waals surface area (Å²) in [5.74, 6) is -4.00. The number of halogens is 3. The normalized spacial score (nSPS) is 11.9. The Morgan fingerprint density at radius 2 is 1.81 bits per heavy atom. The number of aromatic nitrogens is 1. The summed E-state index contributed by atoms with van der Waals surface area (Å²) >= 11 is 0. The molecule has 2 aromatic carbocycles. The molecule has 0 aliphatic heterocycles. The minimum absolute atomic E-state index is 0.0209. The molecule has 1 heterocycles. The lowest BCUT2D eigenvalue weighted by molar-refractivity contribution is -0.0952. The largest absolute Gasteiger partial charge is 0.489 e. The predicted octanol–water partition coefficient (Wildman–Crippen LogP) is 4.14. The highest BCUT2D eigenvalue weighted by molar-refractivity contribution is 6.07. The molecule has 32 heavy (non-hydrogen) atoms. The third kappa shape index (κ3) is 4.80. The summed E-state index contributed by atoms with van der Waals surface area (Å²) in [6.07, 6.45) is -3.91. The molecule has 10 heteroatoms. The zero-order valence-electron chi connectivity index (χ0n) is 16.5. The number of hydrogen-bond acceptors (Lipinski definition) is 5. The van der Waals surface area contributed by atoms with Crippen LogP contribution < -0.4 is 10.2 Å². The summed E-state index contributed by atoms with van der Waals surface area (Å²) in [5, 5.41) is 13.3. The van der Waals surface area contributed by atoms with Crippen LogP contribution in [0.2, 0.25) is 0 Å². The van der Waals surface area contributed by atoms with Crippen LogP contribution >= 0.6 is 0 Å². The molecule has 1 aromatic heterocycles. The predicted molar refractivity (Wildman–Crippen MR) is 108 cm³/mol. The Morgan fingerprint density at radius 1 is 1.09 bits per heavy atom. The van der Waals surface area contributed by atoms with Crippen LogP contribution in [0.15, 0.2) is 72.4 Å². The number of rotatable bonds is 7. The lowest BCUT2D eigenvalue weighted by Crippen LogP contribution is -2.40. The van der Waals surface area contributed by atoms with Gasteiger partial charge in [-0.3, -0.25) is 4.79 Å². The zero-order valence-corrected chi connectivity index (χ0v) is 16.5. The number of carboxylic acid groups (broad SMARTS) is 1. The number of aromatic carboxylic acids is 1. The van der Waals surface area contributed by atoms with Crippen LogP contribution in [0.3, 0.4) is 0 Å². The number of fused-ring (bicyclic) bond motifs is 1. The van der Waals surface area contributed by atoms with Crippen molar-refractivity contribution in [2.75, 3.05) is 6.61 Å². The van der Waals surface area contributed by atoms with Gasteiger partial charge in [-0.1, -0.05) is 60.3 Å². The molecule has 0 saturated carbocycles. The first-order valence-corrected chi connectivity index (χ1v) is 9.21. The fraction of sp³-hybridized carbons (Fsp3) is 0.136. The Hall–Kier alpha value is -4.08. The molecule has 7 nitrogen and oxygen atoms in total. The third-order valence-electron chi connectivity index (χ3n) is 4.28. The molecule has 0 atom stereocenters. The smallest absolute Gasteiger partial charge is 0.472 e. The maximum Gasteiger partial charge on any atom is 0.472 e. The number of carbonyl (C=O) groups is 2. The standard InChI is InChI=1S/C22H17F3N2O5/c1-2-11-31-17-10-6-9-15-16(17)12-18(26-32-13-14-7-4-3-5-8-14)27(19(15)20(28)29)21(30)22(23,24)25/h2-10,12H,1,11,13H2,(H,28,29). The topological polar surface area (TPSA) is 90.1 Å². The first kappa shape index (κ1) is 22.6. The molecule has 3 rings (SSSR count). The summed E-state index contributed by atoms with van der Waals surface area (Å²) < 4.78 is 45.4. The molecule has 0 fully saturated rings. The van der Waals surface area contributed by atoms with Gasteiger partial charge < -0.3 is 14.7 Å². The highest BCUT2D eigenvalue weighted by Crippen LogP contribution is 2.28. The van der Waals surface area contributed by atoms with E-state index in [0.717, 1.165) is 6.07 Å². The number of alkyl halides is 3. The van der Waals surface area contributed by atoms with E-state index < -0.39 is 29.2 Å². The van der Waals surface area contributed by atoms with E-state index in [1.165, 1.54) is 24.3 Å². The Bertz CT molecular complexity index is 1230. The van der Waals surface area contributed by atoms with Crippen molar-refractivity contribution >= 4 is 22.6 Å². The van der Waals surface area contributed by atoms with Gasteiger partial charge >= 0.3 is 18.1 Å². The molecule has 1 N–H and O–H groups in total. The Kier molecular flexibility index (Phi) is 6.62. The molecule has 0 spiro atoms. The van der Waals surface area contributed by atoms with Gasteiger partial charge in [0.05, 0.1) is 0 Å². The molecule has 0 radical (unpaired) electrons. The van der Waals surface area contributed by atoms with Crippen molar-refractivity contribution < 1.29 is 37.4 Å². The number of carbonyl (C=O) groups excluding carboxylic acids is 1. The van der Waals surface area contributed by atoms with Gasteiger partial charge in [0.15, 0.2) is 5.49 Å². The molecular formula is C22H17F3N2O5. The van der Waals surface area contributed by atoms with Crippen LogP contribution in [-0.2, 0) is 11.4 Å². The van der Waals surface area contributed by atoms with E-state index >= 15 is 0 Å². The maximum atomic E-state index is 13.3. The molecule has 166 valence electrons. The third-order valence-corrected chi connectivity index (χ3v) is 4.28. The number of ether oxygens (including phenoxy) is 1. The van der Waals surface area contributed by atoms with E-state index in [4.69, 9.17) is 9.57 Å². The fourth-order valence-corrected chi connectivity index (χ4v) is 2.96. The quantitative estimate of drug-likeness (QED) is 0.435. The number of carboxylic acids is 1. The van der Waals surface area contributed by atoms with Gasteiger partial charge in [0, 0.05) is 10.8 Å². The van der Waals surface area contributed by atoms with Gasteiger partial charge in [-0.2, -0.15) is 13.2 Å². The first-order valence-electron chi connectivity index (χ1n) is 9.21. The van der Waals surface area contributed by atoms with Crippen molar-refractivity contribution in [1.82, 2.24) is 4.57 Å². The van der Waals surface area contributed by atoms with Crippen molar-refractivity contribution in [2.45, 2.75) is 12.8 Å². The molecule has 0 unspecified atom stereocenters. The lowest BCUT2D eigenvalue weighted by atomic mass is 10.1. The van der Waals surface area contributed by atoms with Gasteiger partial charge in [-0.25, -0.2) is 9.36 Å². The van der Waals surface area contributed by atoms with E-state index in [9.17, 15) is 27.9 Å². The highest BCUT2D eigenvalue weighted by Gasteiger charge is 2.42. The zero-order chi connectivity index (χ0) is 23.3. The minimum Gasteiger partial charge on any atom is -0.489 e. The van der Waals surface area contributed by atoms with E-state index in [1.54, 1.807) is 30.3 Å². The van der Waals surface area contributed by atoms with Crippen molar-refractivity contribution in [1.29, 1.82) is 0 Å². The second-order valence-electron chi connectivity index (χ2n) is 6.46. The van der Waals surface area contributed by atoms with E-state index in [1.807, 2.05) is 0 Å². The van der Waals surface area contributed by atoms with E-state index in [0.29, 0.717) is 5.56 Å². The van der Waals surface area contributed by atoms with Crippen LogP contribution in [0.1, 0.15) is 20.8 Å².